The lowest BCUT2D eigenvalue weighted by atomic mass is 10.2. The van der Waals surface area contributed by atoms with Gasteiger partial charge in [0.2, 0.25) is 5.91 Å². The van der Waals surface area contributed by atoms with Gasteiger partial charge in [-0.05, 0) is 37.3 Å². The minimum Gasteiger partial charge on any atom is -0.363 e. The van der Waals surface area contributed by atoms with Gasteiger partial charge in [0, 0.05) is 18.4 Å². The second-order valence-electron chi connectivity index (χ2n) is 4.80. The van der Waals surface area contributed by atoms with Crippen LogP contribution in [0.3, 0.4) is 0 Å². The number of benzene rings is 2. The molecule has 0 radical (unpaired) electrons. The molecule has 1 N–H and O–H groups in total. The van der Waals surface area contributed by atoms with Crippen LogP contribution in [0.4, 0.5) is 11.4 Å². The van der Waals surface area contributed by atoms with Crippen LogP contribution in [0.1, 0.15) is 12.5 Å². The Balaban J connectivity index is 2.07. The Morgan fingerprint density at radius 1 is 1.19 bits per heavy atom. The van der Waals surface area contributed by atoms with Crippen LogP contribution in [-0.4, -0.2) is 19.0 Å². The number of rotatable bonds is 4. The number of carbonyl (C=O) groups is 1. The summed E-state index contributed by atoms with van der Waals surface area (Å²) < 4.78 is 0. The Morgan fingerprint density at radius 2 is 1.90 bits per heavy atom. The van der Waals surface area contributed by atoms with Crippen LogP contribution >= 0.6 is 0 Å². The normalized spacial score (nSPS) is 11.3. The van der Waals surface area contributed by atoms with Crippen molar-refractivity contribution in [3.63, 3.8) is 0 Å². The molecule has 1 unspecified atom stereocenters. The molecular weight excluding hydrogens is 262 g/mol. The van der Waals surface area contributed by atoms with Crippen LogP contribution in [0.25, 0.3) is 0 Å². The molecule has 2 rings (SSSR count). The fourth-order valence-corrected chi connectivity index (χ4v) is 1.98. The first kappa shape index (κ1) is 14.6. The first-order valence-corrected chi connectivity index (χ1v) is 6.70. The molecule has 0 fully saturated rings. The molecule has 0 heterocycles. The quantitative estimate of drug-likeness (QED) is 0.936. The maximum Gasteiger partial charge on any atom is 0.246 e. The standard InChI is InChI=1S/C17H17N3O/c1-13(20(2)16-9-4-3-5-10-16)17(21)19-15-8-6-7-14(11-15)12-18/h3-11,13H,1-2H3,(H,19,21). The number of likely N-dealkylation sites (N-methyl/N-ethyl adjacent to an activating group) is 1. The van der Waals surface area contributed by atoms with Gasteiger partial charge in [-0.1, -0.05) is 24.3 Å². The molecule has 2 aromatic rings. The lowest BCUT2D eigenvalue weighted by molar-refractivity contribution is -0.117. The van der Waals surface area contributed by atoms with E-state index in [1.807, 2.05) is 49.2 Å². The van der Waals surface area contributed by atoms with Gasteiger partial charge in [-0.2, -0.15) is 5.26 Å². The molecule has 0 aliphatic heterocycles. The van der Waals surface area contributed by atoms with Crippen molar-refractivity contribution in [3.8, 4) is 6.07 Å². The zero-order chi connectivity index (χ0) is 15.2. The van der Waals surface area contributed by atoms with Crippen molar-refractivity contribution in [2.24, 2.45) is 0 Å². The van der Waals surface area contributed by atoms with Crippen LogP contribution in [0, 0.1) is 11.3 Å². The third kappa shape index (κ3) is 3.61. The summed E-state index contributed by atoms with van der Waals surface area (Å²) in [5.41, 5.74) is 2.13. The zero-order valence-corrected chi connectivity index (χ0v) is 12.1. The van der Waals surface area contributed by atoms with E-state index in [1.54, 1.807) is 24.3 Å². The van der Waals surface area contributed by atoms with E-state index in [9.17, 15) is 4.79 Å². The third-order valence-corrected chi connectivity index (χ3v) is 3.38. The number of nitrogens with one attached hydrogen (secondary N) is 1. The van der Waals surface area contributed by atoms with Crippen molar-refractivity contribution >= 4 is 17.3 Å². The van der Waals surface area contributed by atoms with E-state index in [2.05, 4.69) is 11.4 Å². The summed E-state index contributed by atoms with van der Waals surface area (Å²) in [5.74, 6) is -0.114. The van der Waals surface area contributed by atoms with Crippen LogP contribution in [0.5, 0.6) is 0 Å². The van der Waals surface area contributed by atoms with Crippen LogP contribution < -0.4 is 10.2 Å². The van der Waals surface area contributed by atoms with E-state index in [4.69, 9.17) is 5.26 Å². The highest BCUT2D eigenvalue weighted by atomic mass is 16.2. The molecule has 0 aromatic heterocycles. The lowest BCUT2D eigenvalue weighted by Crippen LogP contribution is -2.39. The number of nitriles is 1. The minimum atomic E-state index is -0.321. The summed E-state index contributed by atoms with van der Waals surface area (Å²) in [5, 5.41) is 11.7. The molecule has 0 spiro atoms. The third-order valence-electron chi connectivity index (χ3n) is 3.38. The number of anilines is 2. The molecule has 4 heteroatoms. The van der Waals surface area contributed by atoms with Crippen molar-refractivity contribution in [1.29, 1.82) is 5.26 Å². The fraction of sp³-hybridized carbons (Fsp3) is 0.176. The fourth-order valence-electron chi connectivity index (χ4n) is 1.98. The molecule has 0 aliphatic carbocycles. The average Bonchev–Trinajstić information content (AvgIpc) is 2.54. The molecule has 21 heavy (non-hydrogen) atoms. The molecule has 1 amide bonds. The molecule has 0 saturated heterocycles. The molecule has 1 atom stereocenters. The predicted molar refractivity (Wildman–Crippen MR) is 84.1 cm³/mol. The van der Waals surface area contributed by atoms with Crippen LogP contribution in [-0.2, 0) is 4.79 Å². The van der Waals surface area contributed by atoms with Gasteiger partial charge in [-0.3, -0.25) is 4.79 Å². The predicted octanol–water partition coefficient (Wildman–Crippen LogP) is 3.02. The monoisotopic (exact) mass is 279 g/mol. The van der Waals surface area contributed by atoms with Gasteiger partial charge in [0.15, 0.2) is 0 Å². The summed E-state index contributed by atoms with van der Waals surface area (Å²) in [6, 6.07) is 18.4. The summed E-state index contributed by atoms with van der Waals surface area (Å²) in [6.07, 6.45) is 0. The number of nitrogens with zero attached hydrogens (tertiary/aromatic N) is 2. The van der Waals surface area contributed by atoms with E-state index >= 15 is 0 Å². The van der Waals surface area contributed by atoms with Gasteiger partial charge in [-0.25, -0.2) is 0 Å². The van der Waals surface area contributed by atoms with E-state index < -0.39 is 0 Å². The first-order chi connectivity index (χ1) is 10.1. The molecule has 0 saturated carbocycles. The van der Waals surface area contributed by atoms with Crippen molar-refractivity contribution in [2.75, 3.05) is 17.3 Å². The average molecular weight is 279 g/mol. The second-order valence-corrected chi connectivity index (χ2v) is 4.80. The lowest BCUT2D eigenvalue weighted by Gasteiger charge is -2.26. The van der Waals surface area contributed by atoms with Crippen molar-refractivity contribution in [3.05, 3.63) is 60.2 Å². The number of carbonyl (C=O) groups excluding carboxylic acids is 1. The van der Waals surface area contributed by atoms with Gasteiger partial charge in [0.25, 0.3) is 0 Å². The number of amides is 1. The Hall–Kier alpha value is -2.80. The summed E-state index contributed by atoms with van der Waals surface area (Å²) in [7, 11) is 1.88. The minimum absolute atomic E-state index is 0.114. The molecule has 2 aromatic carbocycles. The van der Waals surface area contributed by atoms with Gasteiger partial charge >= 0.3 is 0 Å². The highest BCUT2D eigenvalue weighted by Crippen LogP contribution is 2.16. The molecular formula is C17H17N3O. The molecule has 4 nitrogen and oxygen atoms in total. The van der Waals surface area contributed by atoms with E-state index in [0.717, 1.165) is 5.69 Å². The van der Waals surface area contributed by atoms with Crippen molar-refractivity contribution in [1.82, 2.24) is 0 Å². The zero-order valence-electron chi connectivity index (χ0n) is 12.1. The van der Waals surface area contributed by atoms with E-state index in [1.165, 1.54) is 0 Å². The van der Waals surface area contributed by atoms with Gasteiger partial charge in [0.05, 0.1) is 11.6 Å². The molecule has 0 aliphatic rings. The van der Waals surface area contributed by atoms with Crippen LogP contribution in [0.2, 0.25) is 0 Å². The van der Waals surface area contributed by atoms with Gasteiger partial charge in [0.1, 0.15) is 6.04 Å². The summed E-state index contributed by atoms with van der Waals surface area (Å²) >= 11 is 0. The summed E-state index contributed by atoms with van der Waals surface area (Å²) in [4.78, 5) is 14.2. The van der Waals surface area contributed by atoms with Crippen molar-refractivity contribution < 1.29 is 4.79 Å². The van der Waals surface area contributed by atoms with E-state index in [0.29, 0.717) is 11.3 Å². The maximum atomic E-state index is 12.3. The number of hydrogen-bond donors (Lipinski definition) is 1. The van der Waals surface area contributed by atoms with Crippen molar-refractivity contribution in [2.45, 2.75) is 13.0 Å². The number of para-hydroxylation sites is 1. The SMILES string of the molecule is CC(C(=O)Nc1cccc(C#N)c1)N(C)c1ccccc1. The topological polar surface area (TPSA) is 56.1 Å². The number of hydrogen-bond acceptors (Lipinski definition) is 3. The van der Waals surface area contributed by atoms with Gasteiger partial charge in [-0.15, -0.1) is 0 Å². The largest absolute Gasteiger partial charge is 0.363 e. The Morgan fingerprint density at radius 3 is 2.57 bits per heavy atom. The summed E-state index contributed by atoms with van der Waals surface area (Å²) in [6.45, 7) is 1.84. The van der Waals surface area contributed by atoms with E-state index in [-0.39, 0.29) is 11.9 Å². The molecule has 106 valence electrons. The van der Waals surface area contributed by atoms with Crippen LogP contribution in [0.15, 0.2) is 54.6 Å². The Kier molecular flexibility index (Phi) is 4.57. The Bertz CT molecular complexity index is 661. The molecule has 0 bridgehead atoms. The highest BCUT2D eigenvalue weighted by Gasteiger charge is 2.18. The smallest absolute Gasteiger partial charge is 0.246 e. The first-order valence-electron chi connectivity index (χ1n) is 6.70. The maximum absolute atomic E-state index is 12.3. The highest BCUT2D eigenvalue weighted by molar-refractivity contribution is 5.96. The van der Waals surface area contributed by atoms with Gasteiger partial charge < -0.3 is 10.2 Å². The second kappa shape index (κ2) is 6.58. The Labute approximate surface area is 124 Å².